The van der Waals surface area contributed by atoms with E-state index in [4.69, 9.17) is 22.7 Å². The largest absolute Gasteiger partial charge is 0.493 e. The SMILES string of the molecule is NC(=S)c1cc(F)ccc1NC1CCOc2ccccc21. The molecule has 3 rings (SSSR count). The van der Waals surface area contributed by atoms with Crippen molar-refractivity contribution in [3.63, 3.8) is 0 Å². The first-order valence-electron chi connectivity index (χ1n) is 6.73. The number of fused-ring (bicyclic) bond motifs is 1. The number of thiocarbonyl (C=S) groups is 1. The number of hydrogen-bond acceptors (Lipinski definition) is 3. The van der Waals surface area contributed by atoms with Crippen molar-refractivity contribution in [1.29, 1.82) is 0 Å². The average molecular weight is 302 g/mol. The van der Waals surface area contributed by atoms with Crippen LogP contribution in [0.1, 0.15) is 23.6 Å². The fraction of sp³-hybridized carbons (Fsp3) is 0.188. The fourth-order valence-corrected chi connectivity index (χ4v) is 2.69. The fourth-order valence-electron chi connectivity index (χ4n) is 2.53. The van der Waals surface area contributed by atoms with Gasteiger partial charge >= 0.3 is 0 Å². The van der Waals surface area contributed by atoms with Gasteiger partial charge in [-0.1, -0.05) is 30.4 Å². The molecule has 0 aromatic heterocycles. The third-order valence-electron chi connectivity index (χ3n) is 3.54. The second-order valence-corrected chi connectivity index (χ2v) is 5.37. The number of anilines is 1. The van der Waals surface area contributed by atoms with Crippen LogP contribution >= 0.6 is 12.2 Å². The molecule has 5 heteroatoms. The van der Waals surface area contributed by atoms with E-state index in [0.717, 1.165) is 23.4 Å². The van der Waals surface area contributed by atoms with Crippen LogP contribution in [-0.2, 0) is 0 Å². The van der Waals surface area contributed by atoms with Crippen LogP contribution in [0.3, 0.4) is 0 Å². The van der Waals surface area contributed by atoms with Gasteiger partial charge in [-0.05, 0) is 24.3 Å². The van der Waals surface area contributed by atoms with Gasteiger partial charge in [0.2, 0.25) is 0 Å². The van der Waals surface area contributed by atoms with Crippen LogP contribution in [0.15, 0.2) is 42.5 Å². The maximum atomic E-state index is 13.4. The summed E-state index contributed by atoms with van der Waals surface area (Å²) in [5.41, 5.74) is 8.03. The topological polar surface area (TPSA) is 47.3 Å². The Balaban J connectivity index is 1.93. The molecule has 1 aliphatic rings. The molecule has 0 saturated carbocycles. The van der Waals surface area contributed by atoms with Gasteiger partial charge in [-0.15, -0.1) is 0 Å². The molecule has 108 valence electrons. The summed E-state index contributed by atoms with van der Waals surface area (Å²) in [6, 6.07) is 12.4. The summed E-state index contributed by atoms with van der Waals surface area (Å²) in [7, 11) is 0. The Kier molecular flexibility index (Phi) is 3.75. The Morgan fingerprint density at radius 1 is 1.29 bits per heavy atom. The number of para-hydroxylation sites is 1. The Morgan fingerprint density at radius 2 is 2.10 bits per heavy atom. The highest BCUT2D eigenvalue weighted by Crippen LogP contribution is 2.34. The van der Waals surface area contributed by atoms with Crippen molar-refractivity contribution in [3.05, 3.63) is 59.4 Å². The Morgan fingerprint density at radius 3 is 2.90 bits per heavy atom. The minimum atomic E-state index is -0.351. The number of nitrogens with one attached hydrogen (secondary N) is 1. The van der Waals surface area contributed by atoms with Crippen molar-refractivity contribution >= 4 is 22.9 Å². The molecule has 0 spiro atoms. The molecule has 3 nitrogen and oxygen atoms in total. The van der Waals surface area contributed by atoms with Crippen LogP contribution in [0, 0.1) is 5.82 Å². The zero-order valence-electron chi connectivity index (χ0n) is 11.3. The van der Waals surface area contributed by atoms with Crippen molar-refractivity contribution in [2.75, 3.05) is 11.9 Å². The van der Waals surface area contributed by atoms with Gasteiger partial charge in [0.1, 0.15) is 16.6 Å². The van der Waals surface area contributed by atoms with Gasteiger partial charge in [0.05, 0.1) is 12.6 Å². The van der Waals surface area contributed by atoms with E-state index in [1.165, 1.54) is 12.1 Å². The van der Waals surface area contributed by atoms with Crippen molar-refractivity contribution in [1.82, 2.24) is 0 Å². The lowest BCUT2D eigenvalue weighted by atomic mass is 9.99. The number of halogens is 1. The van der Waals surface area contributed by atoms with Crippen LogP contribution in [0.2, 0.25) is 0 Å². The van der Waals surface area contributed by atoms with Gasteiger partial charge in [0, 0.05) is 23.2 Å². The lowest BCUT2D eigenvalue weighted by Crippen LogP contribution is -2.22. The average Bonchev–Trinajstić information content (AvgIpc) is 2.49. The molecule has 21 heavy (non-hydrogen) atoms. The summed E-state index contributed by atoms with van der Waals surface area (Å²) in [6.45, 7) is 0.637. The molecule has 1 heterocycles. The summed E-state index contributed by atoms with van der Waals surface area (Å²) in [6.07, 6.45) is 0.825. The zero-order valence-corrected chi connectivity index (χ0v) is 12.1. The minimum Gasteiger partial charge on any atom is -0.493 e. The standard InChI is InChI=1S/C16H15FN2OS/c17-10-5-6-13(12(9-10)16(18)21)19-14-7-8-20-15-4-2-1-3-11(14)15/h1-6,9,14,19H,7-8H2,(H2,18,21). The lowest BCUT2D eigenvalue weighted by molar-refractivity contribution is 0.274. The number of hydrogen-bond donors (Lipinski definition) is 2. The Hall–Kier alpha value is -2.14. The van der Waals surface area contributed by atoms with Gasteiger partial charge in [-0.25, -0.2) is 4.39 Å². The third-order valence-corrected chi connectivity index (χ3v) is 3.76. The minimum absolute atomic E-state index is 0.0912. The molecule has 0 saturated heterocycles. The van der Waals surface area contributed by atoms with Crippen LogP contribution in [-0.4, -0.2) is 11.6 Å². The molecule has 0 amide bonds. The molecule has 2 aromatic rings. The highest BCUT2D eigenvalue weighted by atomic mass is 32.1. The second kappa shape index (κ2) is 5.69. The number of nitrogens with two attached hydrogens (primary N) is 1. The molecule has 0 fully saturated rings. The molecule has 2 aromatic carbocycles. The van der Waals surface area contributed by atoms with Gasteiger partial charge < -0.3 is 15.8 Å². The quantitative estimate of drug-likeness (QED) is 0.853. The van der Waals surface area contributed by atoms with Crippen LogP contribution < -0.4 is 15.8 Å². The summed E-state index contributed by atoms with van der Waals surface area (Å²) < 4.78 is 19.0. The molecular weight excluding hydrogens is 287 g/mol. The van der Waals surface area contributed by atoms with E-state index in [2.05, 4.69) is 5.32 Å². The second-order valence-electron chi connectivity index (χ2n) is 4.93. The Bertz CT molecular complexity index is 690. The number of benzene rings is 2. The highest BCUT2D eigenvalue weighted by molar-refractivity contribution is 7.80. The van der Waals surface area contributed by atoms with E-state index in [-0.39, 0.29) is 16.8 Å². The van der Waals surface area contributed by atoms with Crippen LogP contribution in [0.5, 0.6) is 5.75 Å². The molecule has 1 atom stereocenters. The van der Waals surface area contributed by atoms with Crippen molar-refractivity contribution in [3.8, 4) is 5.75 Å². The van der Waals surface area contributed by atoms with Crippen molar-refractivity contribution in [2.45, 2.75) is 12.5 Å². The predicted molar refractivity (Wildman–Crippen MR) is 85.2 cm³/mol. The van der Waals surface area contributed by atoms with Crippen molar-refractivity contribution < 1.29 is 9.13 Å². The maximum Gasteiger partial charge on any atom is 0.124 e. The first-order chi connectivity index (χ1) is 10.1. The van der Waals surface area contributed by atoms with Crippen molar-refractivity contribution in [2.24, 2.45) is 5.73 Å². The molecule has 0 radical (unpaired) electrons. The number of rotatable bonds is 3. The van der Waals surface area contributed by atoms with E-state index in [1.807, 2.05) is 24.3 Å². The zero-order chi connectivity index (χ0) is 14.8. The smallest absolute Gasteiger partial charge is 0.124 e. The van der Waals surface area contributed by atoms with Crippen LogP contribution in [0.25, 0.3) is 0 Å². The summed E-state index contributed by atoms with van der Waals surface area (Å²) in [5, 5.41) is 3.40. The van der Waals surface area contributed by atoms with E-state index < -0.39 is 0 Å². The normalized spacial score (nSPS) is 16.7. The summed E-state index contributed by atoms with van der Waals surface area (Å²) in [5.74, 6) is 0.524. The monoisotopic (exact) mass is 302 g/mol. The highest BCUT2D eigenvalue weighted by Gasteiger charge is 2.22. The van der Waals surface area contributed by atoms with Crippen LogP contribution in [0.4, 0.5) is 10.1 Å². The summed E-state index contributed by atoms with van der Waals surface area (Å²) in [4.78, 5) is 0.178. The molecule has 1 unspecified atom stereocenters. The molecule has 1 aliphatic heterocycles. The molecule has 3 N–H and O–H groups in total. The third kappa shape index (κ3) is 2.83. The molecule has 0 aliphatic carbocycles. The number of ether oxygens (including phenoxy) is 1. The maximum absolute atomic E-state index is 13.4. The first-order valence-corrected chi connectivity index (χ1v) is 7.13. The van der Waals surface area contributed by atoms with Gasteiger partial charge in [0.25, 0.3) is 0 Å². The Labute approximate surface area is 127 Å². The van der Waals surface area contributed by atoms with Gasteiger partial charge in [0.15, 0.2) is 0 Å². The van der Waals surface area contributed by atoms with E-state index >= 15 is 0 Å². The van der Waals surface area contributed by atoms with Gasteiger partial charge in [-0.3, -0.25) is 0 Å². The summed E-state index contributed by atoms with van der Waals surface area (Å²) >= 11 is 5.00. The molecular formula is C16H15FN2OS. The van der Waals surface area contributed by atoms with E-state index in [0.29, 0.717) is 12.2 Å². The van der Waals surface area contributed by atoms with E-state index in [1.54, 1.807) is 6.07 Å². The molecule has 0 bridgehead atoms. The van der Waals surface area contributed by atoms with E-state index in [9.17, 15) is 4.39 Å². The first kappa shape index (κ1) is 13.8. The lowest BCUT2D eigenvalue weighted by Gasteiger charge is -2.28. The van der Waals surface area contributed by atoms with Gasteiger partial charge in [-0.2, -0.15) is 0 Å². The predicted octanol–water partition coefficient (Wildman–Crippen LogP) is 3.40.